The quantitative estimate of drug-likeness (QED) is 0.0303. The van der Waals surface area contributed by atoms with Crippen LogP contribution in [0.25, 0.3) is 0 Å². The molecule has 2 aromatic rings. The van der Waals surface area contributed by atoms with Gasteiger partial charge in [-0.1, -0.05) is 130 Å². The summed E-state index contributed by atoms with van der Waals surface area (Å²) in [5, 5.41) is 0. The molecule has 2 aromatic carbocycles. The third-order valence-corrected chi connectivity index (χ3v) is 15.4. The van der Waals surface area contributed by atoms with Crippen molar-refractivity contribution in [1.29, 1.82) is 0 Å². The Hall–Kier alpha value is -2.63. The zero-order valence-corrected chi connectivity index (χ0v) is 41.9. The van der Waals surface area contributed by atoms with E-state index < -0.39 is 0 Å². The lowest BCUT2D eigenvalue weighted by atomic mass is 10.0. The highest BCUT2D eigenvalue weighted by atomic mass is 33.5. The molecule has 0 spiro atoms. The average Bonchev–Trinajstić information content (AvgIpc) is 3.23. The van der Waals surface area contributed by atoms with Crippen LogP contribution in [0, 0.1) is 41.5 Å². The summed E-state index contributed by atoms with van der Waals surface area (Å²) in [7, 11) is 4.23. The number of carbonyl (C=O) groups excluding carboxylic acids is 4. The maximum atomic E-state index is 13.3. The molecule has 344 valence electrons. The normalized spacial score (nSPS) is 11.2. The fourth-order valence-corrected chi connectivity index (χ4v) is 11.5. The van der Waals surface area contributed by atoms with Gasteiger partial charge in [0, 0.05) is 36.8 Å². The highest BCUT2D eigenvalue weighted by molar-refractivity contribution is 9.09. The van der Waals surface area contributed by atoms with Crippen molar-refractivity contribution in [1.82, 2.24) is 0 Å². The predicted molar refractivity (Wildman–Crippen MR) is 257 cm³/mol. The van der Waals surface area contributed by atoms with Crippen molar-refractivity contribution < 1.29 is 38.1 Å². The van der Waals surface area contributed by atoms with Gasteiger partial charge >= 0.3 is 23.9 Å². The topological polar surface area (TPSA) is 105 Å². The molecule has 8 nitrogen and oxygen atoms in total. The Balaban J connectivity index is 2.52. The fourth-order valence-electron chi connectivity index (χ4n) is 7.12. The lowest BCUT2D eigenvalue weighted by molar-refractivity contribution is -0.135. The van der Waals surface area contributed by atoms with Gasteiger partial charge in [0.1, 0.15) is 23.0 Å². The summed E-state index contributed by atoms with van der Waals surface area (Å²) in [6.45, 7) is 20.1. The van der Waals surface area contributed by atoms with Crippen molar-refractivity contribution in [3.8, 4) is 23.0 Å². The molecule has 0 radical (unpaired) electrons. The van der Waals surface area contributed by atoms with Crippen LogP contribution in [0.2, 0.25) is 0 Å². The molecule has 0 fully saturated rings. The lowest BCUT2D eigenvalue weighted by Crippen LogP contribution is -2.14. The summed E-state index contributed by atoms with van der Waals surface area (Å²) in [5.74, 6) is 0.773. The third kappa shape index (κ3) is 19.3. The number of rotatable bonds is 32. The zero-order valence-electron chi connectivity index (χ0n) is 39.5. The van der Waals surface area contributed by atoms with E-state index in [0.717, 1.165) is 151 Å². The van der Waals surface area contributed by atoms with Crippen molar-refractivity contribution in [3.63, 3.8) is 0 Å². The number of carbonyl (C=O) groups is 4. The van der Waals surface area contributed by atoms with Gasteiger partial charge in [-0.05, 0) is 121 Å². The van der Waals surface area contributed by atoms with Crippen LogP contribution >= 0.6 is 31.4 Å². The van der Waals surface area contributed by atoms with Crippen LogP contribution in [0.15, 0.2) is 9.79 Å². The number of ether oxygens (including phenoxy) is 4. The third-order valence-electron chi connectivity index (χ3n) is 11.3. The molecule has 0 amide bonds. The van der Waals surface area contributed by atoms with Crippen molar-refractivity contribution in [2.45, 2.75) is 233 Å². The Bertz CT molecular complexity index is 1570. The Morgan fingerprint density at radius 2 is 0.557 bits per heavy atom. The Morgan fingerprint density at radius 1 is 0.328 bits per heavy atom. The number of hydrogen-bond donors (Lipinski definition) is 0. The minimum Gasteiger partial charge on any atom is -0.426 e. The maximum Gasteiger partial charge on any atom is 0.311 e. The molecular formula is C50H78O8S3. The Kier molecular flexibility index (Phi) is 27.9. The molecule has 0 saturated carbocycles. The number of hydrogen-bond acceptors (Lipinski definition) is 11. The number of unbranched alkanes of at least 4 members (excludes halogenated alkanes) is 16. The van der Waals surface area contributed by atoms with Crippen LogP contribution in [-0.4, -0.2) is 23.9 Å². The molecule has 0 saturated heterocycles. The summed E-state index contributed by atoms with van der Waals surface area (Å²) < 4.78 is 24.5. The van der Waals surface area contributed by atoms with E-state index in [-0.39, 0.29) is 23.9 Å². The van der Waals surface area contributed by atoms with Gasteiger partial charge in [-0.2, -0.15) is 0 Å². The molecule has 0 aromatic heterocycles. The van der Waals surface area contributed by atoms with Crippen molar-refractivity contribution in [3.05, 3.63) is 33.4 Å². The average molecular weight is 903 g/mol. The zero-order chi connectivity index (χ0) is 45.2. The van der Waals surface area contributed by atoms with E-state index in [1.165, 1.54) is 31.4 Å². The van der Waals surface area contributed by atoms with E-state index in [1.54, 1.807) is 0 Å². The lowest BCUT2D eigenvalue weighted by Gasteiger charge is -2.22. The summed E-state index contributed by atoms with van der Waals surface area (Å²) in [6, 6.07) is 0. The first-order valence-electron chi connectivity index (χ1n) is 23.4. The molecule has 0 unspecified atom stereocenters. The highest BCUT2D eigenvalue weighted by Crippen LogP contribution is 2.56. The van der Waals surface area contributed by atoms with Crippen molar-refractivity contribution in [2.75, 3.05) is 0 Å². The molecule has 11 heteroatoms. The van der Waals surface area contributed by atoms with E-state index in [4.69, 9.17) is 18.9 Å². The monoisotopic (exact) mass is 902 g/mol. The highest BCUT2D eigenvalue weighted by Gasteiger charge is 2.27. The molecule has 0 aliphatic carbocycles. The summed E-state index contributed by atoms with van der Waals surface area (Å²) in [6.07, 6.45) is 21.8. The van der Waals surface area contributed by atoms with E-state index in [0.29, 0.717) is 69.6 Å². The number of benzene rings is 2. The second-order valence-electron chi connectivity index (χ2n) is 16.5. The van der Waals surface area contributed by atoms with E-state index >= 15 is 0 Å². The molecule has 0 N–H and O–H groups in total. The molecule has 2 rings (SSSR count). The van der Waals surface area contributed by atoms with Gasteiger partial charge < -0.3 is 18.9 Å². The van der Waals surface area contributed by atoms with Crippen LogP contribution in [0.1, 0.15) is 215 Å². The summed E-state index contributed by atoms with van der Waals surface area (Å²) >= 11 is 0. The van der Waals surface area contributed by atoms with Gasteiger partial charge in [-0.15, -0.1) is 0 Å². The van der Waals surface area contributed by atoms with Crippen molar-refractivity contribution in [2.24, 2.45) is 0 Å². The second-order valence-corrected chi connectivity index (χ2v) is 20.4. The van der Waals surface area contributed by atoms with E-state index in [2.05, 4.69) is 27.7 Å². The smallest absolute Gasteiger partial charge is 0.311 e. The van der Waals surface area contributed by atoms with E-state index in [1.807, 2.05) is 41.5 Å². The van der Waals surface area contributed by atoms with Crippen LogP contribution in [0.5, 0.6) is 23.0 Å². The predicted octanol–water partition coefficient (Wildman–Crippen LogP) is 16.0. The Morgan fingerprint density at radius 3 is 0.820 bits per heavy atom. The summed E-state index contributed by atoms with van der Waals surface area (Å²) in [4.78, 5) is 54.4. The number of esters is 4. The minimum atomic E-state index is -0.291. The molecular weight excluding hydrogens is 825 g/mol. The summed E-state index contributed by atoms with van der Waals surface area (Å²) in [5.41, 5.74) is 4.43. The van der Waals surface area contributed by atoms with E-state index in [9.17, 15) is 19.2 Å². The van der Waals surface area contributed by atoms with Crippen LogP contribution in [0.4, 0.5) is 0 Å². The maximum absolute atomic E-state index is 13.3. The first-order valence-corrected chi connectivity index (χ1v) is 26.9. The van der Waals surface area contributed by atoms with Gasteiger partial charge in [-0.25, -0.2) is 0 Å². The largest absolute Gasteiger partial charge is 0.426 e. The standard InChI is InChI=1S/C50H78O8S3/c1-11-15-19-23-27-31-41(51)55-45-35(5)37(7)47(57-43(53)33-29-25-21-17-13-3)49(39(45)9)59-61-60-50-40(10)46(56-42(52)32-28-24-20-16-12-2)36(6)38(8)48(50)58-44(54)34-30-26-22-18-14-4/h11-34H2,1-10H3. The Labute approximate surface area is 381 Å². The van der Waals surface area contributed by atoms with Gasteiger partial charge in [0.15, 0.2) is 0 Å². The molecule has 61 heavy (non-hydrogen) atoms. The van der Waals surface area contributed by atoms with Gasteiger partial charge in [0.25, 0.3) is 0 Å². The van der Waals surface area contributed by atoms with Crippen molar-refractivity contribution >= 4 is 55.3 Å². The van der Waals surface area contributed by atoms with Gasteiger partial charge in [0.2, 0.25) is 0 Å². The first kappa shape index (κ1) is 54.5. The van der Waals surface area contributed by atoms with Crippen LogP contribution < -0.4 is 18.9 Å². The van der Waals surface area contributed by atoms with Gasteiger partial charge in [-0.3, -0.25) is 19.2 Å². The molecule has 0 atom stereocenters. The molecule has 0 aliphatic rings. The minimum absolute atomic E-state index is 0.275. The molecule has 0 heterocycles. The molecule has 0 bridgehead atoms. The van der Waals surface area contributed by atoms with Gasteiger partial charge in [0.05, 0.1) is 9.79 Å². The van der Waals surface area contributed by atoms with Crippen LogP contribution in [-0.2, 0) is 19.2 Å². The van der Waals surface area contributed by atoms with Crippen LogP contribution in [0.3, 0.4) is 0 Å². The second kappa shape index (κ2) is 31.3. The SMILES string of the molecule is CCCCCCCC(=O)Oc1c(C)c(C)c(OC(=O)CCCCCCC)c(SSSc2c(C)c(OC(=O)CCCCCCC)c(C)c(C)c2OC(=O)CCCCCCC)c1C. The fraction of sp³-hybridized carbons (Fsp3) is 0.680. The first-order chi connectivity index (χ1) is 29.3. The molecule has 0 aliphatic heterocycles.